The fraction of sp³-hybridized carbons (Fsp3) is 0.267. The molecule has 0 saturated carbocycles. The summed E-state index contributed by atoms with van der Waals surface area (Å²) in [5.41, 5.74) is -6.61. The highest BCUT2D eigenvalue weighted by molar-refractivity contribution is 7.92. The normalized spacial score (nSPS) is 14.3. The maximum Gasteiger partial charge on any atom is 0.501 e. The SMILES string of the molecule is N=C(NC(=O)OCc1ccccc1)NC(=O)c1ccc(C2CCN(C(=O)c3ccc(S(=O)(=O)C(F)(F)F)cc3)CC2)c(C(F)(F)F)c1. The van der Waals surface area contributed by atoms with Crippen LogP contribution in [0.15, 0.2) is 77.7 Å². The lowest BCUT2D eigenvalue weighted by Gasteiger charge is -2.33. The Morgan fingerprint density at radius 3 is 2.02 bits per heavy atom. The molecule has 0 aromatic heterocycles. The lowest BCUT2D eigenvalue weighted by molar-refractivity contribution is -0.138. The van der Waals surface area contributed by atoms with Crippen LogP contribution in [-0.2, 0) is 27.4 Å². The van der Waals surface area contributed by atoms with Crippen molar-refractivity contribution in [2.45, 2.75) is 41.9 Å². The number of carbonyl (C=O) groups is 3. The van der Waals surface area contributed by atoms with Gasteiger partial charge in [-0.15, -0.1) is 0 Å². The van der Waals surface area contributed by atoms with E-state index in [2.05, 4.69) is 0 Å². The van der Waals surface area contributed by atoms with Gasteiger partial charge in [-0.25, -0.2) is 13.2 Å². The van der Waals surface area contributed by atoms with Crippen LogP contribution in [0.5, 0.6) is 0 Å². The number of alkyl carbamates (subject to hydrolysis) is 1. The van der Waals surface area contributed by atoms with E-state index < -0.39 is 67.3 Å². The second-order valence-electron chi connectivity index (χ2n) is 10.4. The molecule has 0 atom stereocenters. The van der Waals surface area contributed by atoms with Crippen LogP contribution >= 0.6 is 0 Å². The number of likely N-dealkylation sites (tertiary alicyclic amines) is 1. The number of guanidine groups is 1. The summed E-state index contributed by atoms with van der Waals surface area (Å²) in [6.45, 7) is -0.133. The number of piperidine rings is 1. The number of nitrogens with zero attached hydrogens (tertiary/aromatic N) is 1. The molecular formula is C30H26F6N4O6S. The van der Waals surface area contributed by atoms with Crippen LogP contribution in [0.4, 0.5) is 31.1 Å². The summed E-state index contributed by atoms with van der Waals surface area (Å²) in [5.74, 6) is -3.22. The van der Waals surface area contributed by atoms with Gasteiger partial charge in [-0.3, -0.25) is 25.6 Å². The van der Waals surface area contributed by atoms with Crippen molar-refractivity contribution in [3.8, 4) is 0 Å². The molecule has 10 nitrogen and oxygen atoms in total. The van der Waals surface area contributed by atoms with Crippen molar-refractivity contribution in [2.75, 3.05) is 13.1 Å². The van der Waals surface area contributed by atoms with Crippen molar-refractivity contribution in [1.82, 2.24) is 15.5 Å². The molecule has 1 aliphatic rings. The van der Waals surface area contributed by atoms with Crippen molar-refractivity contribution < 1.29 is 53.9 Å². The summed E-state index contributed by atoms with van der Waals surface area (Å²) >= 11 is 0. The second kappa shape index (κ2) is 13.8. The van der Waals surface area contributed by atoms with Crippen LogP contribution in [0, 0.1) is 5.41 Å². The molecule has 1 aliphatic heterocycles. The Kier molecular flexibility index (Phi) is 10.3. The summed E-state index contributed by atoms with van der Waals surface area (Å²) in [5, 5.41) is 11.7. The minimum atomic E-state index is -5.60. The first-order valence-corrected chi connectivity index (χ1v) is 15.2. The van der Waals surface area contributed by atoms with Crippen molar-refractivity contribution in [3.05, 3.63) is 101 Å². The molecule has 0 radical (unpaired) electrons. The van der Waals surface area contributed by atoms with Crippen LogP contribution in [0.3, 0.4) is 0 Å². The molecular weight excluding hydrogens is 658 g/mol. The molecule has 3 N–H and O–H groups in total. The summed E-state index contributed by atoms with van der Waals surface area (Å²) in [7, 11) is -5.60. The Morgan fingerprint density at radius 2 is 1.45 bits per heavy atom. The van der Waals surface area contributed by atoms with Gasteiger partial charge in [0.15, 0.2) is 0 Å². The fourth-order valence-electron chi connectivity index (χ4n) is 4.86. The van der Waals surface area contributed by atoms with Gasteiger partial charge in [0, 0.05) is 24.2 Å². The molecule has 3 aromatic carbocycles. The van der Waals surface area contributed by atoms with E-state index in [1.807, 2.05) is 10.6 Å². The van der Waals surface area contributed by atoms with E-state index in [-0.39, 0.29) is 43.7 Å². The monoisotopic (exact) mass is 684 g/mol. The first-order valence-electron chi connectivity index (χ1n) is 13.8. The number of hydrogen-bond donors (Lipinski definition) is 3. The first-order chi connectivity index (χ1) is 22.0. The van der Waals surface area contributed by atoms with Gasteiger partial charge in [0.1, 0.15) is 6.61 Å². The van der Waals surface area contributed by atoms with Gasteiger partial charge < -0.3 is 9.64 Å². The van der Waals surface area contributed by atoms with E-state index in [1.54, 1.807) is 30.3 Å². The highest BCUT2D eigenvalue weighted by atomic mass is 32.2. The molecule has 250 valence electrons. The quantitative estimate of drug-likeness (QED) is 0.175. The molecule has 47 heavy (non-hydrogen) atoms. The van der Waals surface area contributed by atoms with Gasteiger partial charge in [-0.1, -0.05) is 36.4 Å². The lowest BCUT2D eigenvalue weighted by Crippen LogP contribution is -2.43. The number of carbonyl (C=O) groups excluding carboxylic acids is 3. The number of alkyl halides is 6. The molecule has 0 spiro atoms. The van der Waals surface area contributed by atoms with Gasteiger partial charge in [0.25, 0.3) is 21.7 Å². The summed E-state index contributed by atoms with van der Waals surface area (Å²) < 4.78 is 109. The molecule has 0 aliphatic carbocycles. The molecule has 0 bridgehead atoms. The molecule has 17 heteroatoms. The third kappa shape index (κ3) is 8.46. The van der Waals surface area contributed by atoms with Crippen LogP contribution in [-0.4, -0.2) is 55.8 Å². The van der Waals surface area contributed by atoms with Gasteiger partial charge in [0.2, 0.25) is 5.96 Å². The molecule has 4 rings (SSSR count). The number of nitrogens with one attached hydrogen (secondary N) is 3. The van der Waals surface area contributed by atoms with E-state index >= 15 is 0 Å². The van der Waals surface area contributed by atoms with Crippen molar-refractivity contribution >= 4 is 33.7 Å². The predicted octanol–water partition coefficient (Wildman–Crippen LogP) is 5.61. The van der Waals surface area contributed by atoms with Crippen molar-refractivity contribution in [2.24, 2.45) is 0 Å². The molecule has 0 unspecified atom stereocenters. The maximum atomic E-state index is 14.1. The van der Waals surface area contributed by atoms with Gasteiger partial charge in [-0.2, -0.15) is 26.3 Å². The van der Waals surface area contributed by atoms with Crippen molar-refractivity contribution in [1.29, 1.82) is 5.41 Å². The van der Waals surface area contributed by atoms with Crippen LogP contribution in [0.25, 0.3) is 0 Å². The molecule has 3 aromatic rings. The minimum Gasteiger partial charge on any atom is -0.444 e. The maximum absolute atomic E-state index is 14.1. The molecule has 3 amide bonds. The number of rotatable bonds is 6. The van der Waals surface area contributed by atoms with E-state index in [1.165, 1.54) is 4.90 Å². The number of halogens is 6. The van der Waals surface area contributed by atoms with E-state index in [0.717, 1.165) is 24.3 Å². The first kappa shape index (κ1) is 34.9. The van der Waals surface area contributed by atoms with Gasteiger partial charge in [0.05, 0.1) is 10.5 Å². The molecule has 1 saturated heterocycles. The molecule has 1 fully saturated rings. The fourth-order valence-corrected chi connectivity index (χ4v) is 5.63. The predicted molar refractivity (Wildman–Crippen MR) is 154 cm³/mol. The van der Waals surface area contributed by atoms with Crippen molar-refractivity contribution in [3.63, 3.8) is 0 Å². The standard InChI is InChI=1S/C30H26F6N4O6S/c31-29(32,33)24-16-21(25(41)38-27(37)39-28(43)46-17-18-4-2-1-3-5-18)8-11-23(24)19-12-14-40(15-13-19)26(42)20-6-9-22(10-7-20)47(44,45)30(34,35)36/h1-11,16,19H,12-15,17H2,(H3,37,38,39,41,43). The smallest absolute Gasteiger partial charge is 0.444 e. The summed E-state index contributed by atoms with van der Waals surface area (Å²) in [4.78, 5) is 37.7. The second-order valence-corrected chi connectivity index (χ2v) is 12.3. The third-order valence-corrected chi connectivity index (χ3v) is 8.74. The highest BCUT2D eigenvalue weighted by Crippen LogP contribution is 2.39. The lowest BCUT2D eigenvalue weighted by atomic mass is 9.85. The van der Waals surface area contributed by atoms with Gasteiger partial charge >= 0.3 is 17.8 Å². The summed E-state index contributed by atoms with van der Waals surface area (Å²) in [6.07, 6.45) is -5.77. The zero-order chi connectivity index (χ0) is 34.6. The van der Waals surface area contributed by atoms with E-state index in [9.17, 15) is 49.1 Å². The number of sulfone groups is 1. The van der Waals surface area contributed by atoms with Crippen LogP contribution in [0.1, 0.15) is 56.2 Å². The zero-order valence-corrected chi connectivity index (χ0v) is 24.9. The highest BCUT2D eigenvalue weighted by Gasteiger charge is 2.47. The van der Waals surface area contributed by atoms with E-state index in [0.29, 0.717) is 23.8 Å². The Hall–Kier alpha value is -4.93. The van der Waals surface area contributed by atoms with Crippen LogP contribution < -0.4 is 10.6 Å². The Morgan fingerprint density at radius 1 is 0.851 bits per heavy atom. The topological polar surface area (TPSA) is 146 Å². The Bertz CT molecular complexity index is 1760. The average Bonchev–Trinajstić information content (AvgIpc) is 3.02. The molecule has 1 heterocycles. The van der Waals surface area contributed by atoms with Crippen LogP contribution in [0.2, 0.25) is 0 Å². The minimum absolute atomic E-state index is 0.00512. The number of benzene rings is 3. The van der Waals surface area contributed by atoms with Gasteiger partial charge in [-0.05, 0) is 66.3 Å². The Labute approximate surface area is 264 Å². The number of ether oxygens (including phenoxy) is 1. The third-order valence-electron chi connectivity index (χ3n) is 7.24. The largest absolute Gasteiger partial charge is 0.501 e. The number of hydrogen-bond acceptors (Lipinski definition) is 7. The summed E-state index contributed by atoms with van der Waals surface area (Å²) in [6, 6.07) is 14.6. The zero-order valence-electron chi connectivity index (χ0n) is 24.1. The Balaban J connectivity index is 1.38. The average molecular weight is 685 g/mol. The number of amides is 3. The van der Waals surface area contributed by atoms with E-state index in [4.69, 9.17) is 10.1 Å².